The highest BCUT2D eigenvalue weighted by molar-refractivity contribution is 14.1. The minimum Gasteiger partial charge on any atom is -0.402 e. The Balaban J connectivity index is 1.99. The van der Waals surface area contributed by atoms with Crippen LogP contribution >= 0.6 is 34.2 Å². The lowest BCUT2D eigenvalue weighted by molar-refractivity contribution is -0.129. The van der Waals surface area contributed by atoms with Crippen molar-refractivity contribution in [3.05, 3.63) is 73.9 Å². The molecule has 0 aliphatic carbocycles. The van der Waals surface area contributed by atoms with Crippen molar-refractivity contribution in [3.8, 4) is 0 Å². The van der Waals surface area contributed by atoms with Crippen molar-refractivity contribution < 1.29 is 9.53 Å². The number of carbonyl (C=O) groups is 1. The molecule has 1 aliphatic rings. The molecule has 0 N–H and O–H groups in total. The fraction of sp³-hybridized carbons (Fsp3) is 0. The zero-order chi connectivity index (χ0) is 14.8. The summed E-state index contributed by atoms with van der Waals surface area (Å²) in [5.41, 5.74) is 1.78. The average Bonchev–Trinajstić information content (AvgIpc) is 2.84. The lowest BCUT2D eigenvalue weighted by Crippen LogP contribution is -2.06. The molecule has 2 aromatic rings. The highest BCUT2D eigenvalue weighted by Gasteiger charge is 2.25. The van der Waals surface area contributed by atoms with Gasteiger partial charge in [0.25, 0.3) is 0 Å². The van der Waals surface area contributed by atoms with Crippen LogP contribution in [0.1, 0.15) is 11.1 Å². The molecule has 0 unspecified atom stereocenters. The Hall–Kier alpha value is -1.66. The third-order valence-corrected chi connectivity index (χ3v) is 3.88. The summed E-state index contributed by atoms with van der Waals surface area (Å²) in [6, 6.07) is 15.0. The second-order valence-corrected chi connectivity index (χ2v) is 6.02. The van der Waals surface area contributed by atoms with Crippen LogP contribution in [0.3, 0.4) is 0 Å². The molecule has 0 atom stereocenters. The molecule has 0 aromatic heterocycles. The summed E-state index contributed by atoms with van der Waals surface area (Å²) in [4.78, 5) is 16.2. The molecule has 3 rings (SSSR count). The van der Waals surface area contributed by atoms with Gasteiger partial charge in [-0.1, -0.05) is 41.9 Å². The van der Waals surface area contributed by atoms with Gasteiger partial charge < -0.3 is 4.74 Å². The number of aliphatic imine (C=N–C) groups is 1. The van der Waals surface area contributed by atoms with Gasteiger partial charge in [-0.3, -0.25) is 0 Å². The molecule has 0 amide bonds. The van der Waals surface area contributed by atoms with Crippen molar-refractivity contribution in [1.29, 1.82) is 0 Å². The largest absolute Gasteiger partial charge is 0.402 e. The first-order chi connectivity index (χ1) is 10.1. The molecule has 21 heavy (non-hydrogen) atoms. The van der Waals surface area contributed by atoms with Crippen LogP contribution in [-0.2, 0) is 9.53 Å². The molecule has 0 bridgehead atoms. The Labute approximate surface area is 140 Å². The summed E-state index contributed by atoms with van der Waals surface area (Å²) in [6.07, 6.45) is 1.69. The molecular weight excluding hydrogens is 401 g/mol. The number of ether oxygens (including phenoxy) is 1. The summed E-state index contributed by atoms with van der Waals surface area (Å²) >= 11 is 8.31. The number of hydrogen-bond acceptors (Lipinski definition) is 3. The first-order valence-corrected chi connectivity index (χ1v) is 7.62. The van der Waals surface area contributed by atoms with Gasteiger partial charge in [0.1, 0.15) is 0 Å². The average molecular weight is 410 g/mol. The Morgan fingerprint density at radius 2 is 1.90 bits per heavy atom. The molecule has 0 saturated heterocycles. The van der Waals surface area contributed by atoms with Gasteiger partial charge in [-0.05, 0) is 52.4 Å². The fourth-order valence-corrected chi connectivity index (χ4v) is 2.58. The van der Waals surface area contributed by atoms with Crippen molar-refractivity contribution in [2.24, 2.45) is 4.99 Å². The molecule has 0 spiro atoms. The molecule has 3 nitrogen and oxygen atoms in total. The topological polar surface area (TPSA) is 38.7 Å². The van der Waals surface area contributed by atoms with Crippen LogP contribution in [0.25, 0.3) is 6.08 Å². The quantitative estimate of drug-likeness (QED) is 0.422. The van der Waals surface area contributed by atoms with Gasteiger partial charge in [0, 0.05) is 3.57 Å². The third-order valence-electron chi connectivity index (χ3n) is 2.88. The fourth-order valence-electron chi connectivity index (χ4n) is 1.89. The van der Waals surface area contributed by atoms with Gasteiger partial charge in [0.2, 0.25) is 5.90 Å². The number of cyclic esters (lactones) is 1. The van der Waals surface area contributed by atoms with Gasteiger partial charge in [-0.15, -0.1) is 0 Å². The standard InChI is InChI=1S/C16H9ClINO2/c17-13-7-6-11(18)9-12(13)15-19-14(16(20)21-15)8-10-4-2-1-3-5-10/h1-9H/b14-8-. The molecule has 0 saturated carbocycles. The summed E-state index contributed by atoms with van der Waals surface area (Å²) in [7, 11) is 0. The normalized spacial score (nSPS) is 16.0. The Bertz CT molecular complexity index is 769. The monoisotopic (exact) mass is 409 g/mol. The third kappa shape index (κ3) is 3.16. The van der Waals surface area contributed by atoms with E-state index >= 15 is 0 Å². The Kier molecular flexibility index (Phi) is 4.07. The minimum absolute atomic E-state index is 0.241. The molecular formula is C16H9ClINO2. The van der Waals surface area contributed by atoms with Crippen molar-refractivity contribution in [2.45, 2.75) is 0 Å². The number of nitrogens with zero attached hydrogens (tertiary/aromatic N) is 1. The number of carbonyl (C=O) groups excluding carboxylic acids is 1. The summed E-state index contributed by atoms with van der Waals surface area (Å²) < 4.78 is 6.21. The first kappa shape index (κ1) is 14.3. The SMILES string of the molecule is O=C1OC(c2cc(I)ccc2Cl)=N/C1=C\c1ccccc1. The number of hydrogen-bond donors (Lipinski definition) is 0. The van der Waals surface area contributed by atoms with E-state index in [-0.39, 0.29) is 11.6 Å². The molecule has 0 radical (unpaired) electrons. The van der Waals surface area contributed by atoms with Gasteiger partial charge >= 0.3 is 5.97 Å². The number of esters is 1. The highest BCUT2D eigenvalue weighted by atomic mass is 127. The lowest BCUT2D eigenvalue weighted by atomic mass is 10.2. The van der Waals surface area contributed by atoms with E-state index in [0.29, 0.717) is 10.6 Å². The lowest BCUT2D eigenvalue weighted by Gasteiger charge is -2.02. The van der Waals surface area contributed by atoms with Crippen molar-refractivity contribution >= 4 is 52.1 Å². The zero-order valence-corrected chi connectivity index (χ0v) is 13.6. The first-order valence-electron chi connectivity index (χ1n) is 6.16. The van der Waals surface area contributed by atoms with Gasteiger partial charge in [-0.2, -0.15) is 0 Å². The van der Waals surface area contributed by atoms with Crippen LogP contribution in [0.15, 0.2) is 59.2 Å². The van der Waals surface area contributed by atoms with Gasteiger partial charge in [0.05, 0.1) is 10.6 Å². The van der Waals surface area contributed by atoms with E-state index in [9.17, 15) is 4.79 Å². The maximum Gasteiger partial charge on any atom is 0.363 e. The Morgan fingerprint density at radius 1 is 1.14 bits per heavy atom. The summed E-state index contributed by atoms with van der Waals surface area (Å²) in [5, 5.41) is 0.503. The predicted molar refractivity (Wildman–Crippen MR) is 91.2 cm³/mol. The highest BCUT2D eigenvalue weighted by Crippen LogP contribution is 2.25. The smallest absolute Gasteiger partial charge is 0.363 e. The Morgan fingerprint density at radius 3 is 2.67 bits per heavy atom. The van der Waals surface area contributed by atoms with Crippen molar-refractivity contribution in [1.82, 2.24) is 0 Å². The van der Waals surface area contributed by atoms with E-state index in [0.717, 1.165) is 9.13 Å². The van der Waals surface area contributed by atoms with E-state index in [1.54, 1.807) is 12.1 Å². The number of rotatable bonds is 2. The van der Waals surface area contributed by atoms with Crippen LogP contribution in [0.4, 0.5) is 0 Å². The summed E-state index contributed by atoms with van der Waals surface area (Å²) in [5.74, 6) is -0.227. The van der Waals surface area contributed by atoms with Crippen LogP contribution in [0.5, 0.6) is 0 Å². The predicted octanol–water partition coefficient (Wildman–Crippen LogP) is 4.29. The number of benzene rings is 2. The van der Waals surface area contributed by atoms with Gasteiger partial charge in [-0.25, -0.2) is 9.79 Å². The van der Waals surface area contributed by atoms with E-state index < -0.39 is 5.97 Å². The maximum atomic E-state index is 11.9. The molecule has 1 heterocycles. The molecule has 5 heteroatoms. The summed E-state index contributed by atoms with van der Waals surface area (Å²) in [6.45, 7) is 0. The molecule has 104 valence electrons. The van der Waals surface area contributed by atoms with E-state index in [2.05, 4.69) is 27.6 Å². The second kappa shape index (κ2) is 5.99. The van der Waals surface area contributed by atoms with E-state index in [1.807, 2.05) is 42.5 Å². The molecule has 2 aromatic carbocycles. The molecule has 0 fully saturated rings. The van der Waals surface area contributed by atoms with Crippen LogP contribution in [0, 0.1) is 3.57 Å². The van der Waals surface area contributed by atoms with Crippen LogP contribution < -0.4 is 0 Å². The second-order valence-electron chi connectivity index (χ2n) is 4.37. The van der Waals surface area contributed by atoms with Crippen molar-refractivity contribution in [2.75, 3.05) is 0 Å². The zero-order valence-electron chi connectivity index (χ0n) is 10.7. The van der Waals surface area contributed by atoms with Crippen LogP contribution in [0.2, 0.25) is 5.02 Å². The van der Waals surface area contributed by atoms with E-state index in [1.165, 1.54) is 0 Å². The molecule has 1 aliphatic heterocycles. The van der Waals surface area contributed by atoms with Gasteiger partial charge in [0.15, 0.2) is 5.70 Å². The van der Waals surface area contributed by atoms with Crippen molar-refractivity contribution in [3.63, 3.8) is 0 Å². The van der Waals surface area contributed by atoms with Crippen LogP contribution in [-0.4, -0.2) is 11.9 Å². The minimum atomic E-state index is -0.469. The number of halogens is 2. The van der Waals surface area contributed by atoms with E-state index in [4.69, 9.17) is 16.3 Å². The maximum absolute atomic E-state index is 11.9.